The van der Waals surface area contributed by atoms with E-state index in [-0.39, 0.29) is 5.41 Å². The number of ether oxygens (including phenoxy) is 1. The summed E-state index contributed by atoms with van der Waals surface area (Å²) in [5.41, 5.74) is 7.17. The van der Waals surface area contributed by atoms with Crippen LogP contribution in [0.2, 0.25) is 0 Å². The zero-order chi connectivity index (χ0) is 28.6. The van der Waals surface area contributed by atoms with Crippen LogP contribution >= 0.6 is 0 Å². The number of fused-ring (bicyclic) bond motifs is 5. The maximum absolute atomic E-state index is 9.78. The van der Waals surface area contributed by atoms with E-state index in [9.17, 15) is 5.26 Å². The van der Waals surface area contributed by atoms with Gasteiger partial charge in [0.1, 0.15) is 18.5 Å². The van der Waals surface area contributed by atoms with Crippen LogP contribution in [0.25, 0.3) is 43.6 Å². The molecule has 1 aliphatic heterocycles. The van der Waals surface area contributed by atoms with Crippen molar-refractivity contribution in [1.82, 2.24) is 0 Å². The van der Waals surface area contributed by atoms with Crippen LogP contribution in [0, 0.1) is 29.1 Å². The molecular formula is C37H39N2O+. The lowest BCUT2D eigenvalue weighted by atomic mass is 9.81. The Morgan fingerprint density at radius 3 is 2.35 bits per heavy atom. The number of nitriles is 1. The molecule has 0 atom stereocenters. The largest absolute Gasteiger partial charge is 0.455 e. The zero-order valence-electron chi connectivity index (χ0n) is 25.1. The number of pyridine rings is 1. The van der Waals surface area contributed by atoms with Gasteiger partial charge in [0, 0.05) is 17.0 Å². The maximum atomic E-state index is 9.78. The van der Waals surface area contributed by atoms with Crippen LogP contribution in [0.15, 0.2) is 54.7 Å². The van der Waals surface area contributed by atoms with Crippen LogP contribution < -0.4 is 9.30 Å². The first-order chi connectivity index (χ1) is 18.9. The molecule has 0 spiro atoms. The molecule has 4 aromatic carbocycles. The van der Waals surface area contributed by atoms with Gasteiger partial charge in [0.2, 0.25) is 5.69 Å². The lowest BCUT2D eigenvalue weighted by molar-refractivity contribution is -0.659. The Morgan fingerprint density at radius 2 is 1.65 bits per heavy atom. The van der Waals surface area contributed by atoms with E-state index in [1.807, 2.05) is 13.8 Å². The summed E-state index contributed by atoms with van der Waals surface area (Å²) in [6.07, 6.45) is 4.81. The van der Waals surface area contributed by atoms with E-state index in [0.29, 0.717) is 6.42 Å². The van der Waals surface area contributed by atoms with Gasteiger partial charge < -0.3 is 4.74 Å². The van der Waals surface area contributed by atoms with Gasteiger partial charge in [0.25, 0.3) is 0 Å². The molecular weight excluding hydrogens is 488 g/mol. The maximum Gasteiger partial charge on any atom is 0.228 e. The summed E-state index contributed by atoms with van der Waals surface area (Å²) in [7, 11) is 2.15. The van der Waals surface area contributed by atoms with Crippen molar-refractivity contribution in [3.05, 3.63) is 77.0 Å². The van der Waals surface area contributed by atoms with E-state index in [4.69, 9.17) is 4.74 Å². The Kier molecular flexibility index (Phi) is 5.97. The van der Waals surface area contributed by atoms with E-state index in [1.54, 1.807) is 0 Å². The molecule has 6 rings (SSSR count). The van der Waals surface area contributed by atoms with Crippen molar-refractivity contribution in [1.29, 1.82) is 5.26 Å². The predicted octanol–water partition coefficient (Wildman–Crippen LogP) is 9.30. The summed E-state index contributed by atoms with van der Waals surface area (Å²) in [4.78, 5) is 0. The molecule has 0 fully saturated rings. The second-order valence-electron chi connectivity index (χ2n) is 13.5. The Labute approximate surface area is 238 Å². The van der Waals surface area contributed by atoms with Crippen molar-refractivity contribution in [2.75, 3.05) is 0 Å². The highest BCUT2D eigenvalue weighted by atomic mass is 16.5. The van der Waals surface area contributed by atoms with Crippen LogP contribution in [0.5, 0.6) is 11.5 Å². The van der Waals surface area contributed by atoms with Crippen molar-refractivity contribution in [2.24, 2.45) is 17.9 Å². The molecule has 0 saturated heterocycles. The normalized spacial score (nSPS) is 13.0. The van der Waals surface area contributed by atoms with Gasteiger partial charge in [-0.15, -0.1) is 0 Å². The van der Waals surface area contributed by atoms with E-state index < -0.39 is 5.41 Å². The first-order valence-corrected chi connectivity index (χ1v) is 14.5. The van der Waals surface area contributed by atoms with Crippen molar-refractivity contribution in [3.63, 3.8) is 0 Å². The zero-order valence-corrected chi connectivity index (χ0v) is 25.1. The number of aromatic nitrogens is 1. The summed E-state index contributed by atoms with van der Waals surface area (Å²) < 4.78 is 9.34. The number of aryl methyl sites for hydroxylation is 3. The molecule has 40 heavy (non-hydrogen) atoms. The number of rotatable bonds is 4. The SMILES string of the molecule is CCc1ccc2c(CC(C)(C)C)c3c(c(C)c2c1)-c1c2c(cc4c(CC(C)(C)C#N)cccc4c2cc[n+]1C)O3. The highest BCUT2D eigenvalue weighted by Gasteiger charge is 2.34. The van der Waals surface area contributed by atoms with Gasteiger partial charge in [-0.1, -0.05) is 64.1 Å². The lowest BCUT2D eigenvalue weighted by Gasteiger charge is -2.28. The molecule has 1 aromatic heterocycles. The summed E-state index contributed by atoms with van der Waals surface area (Å²) in [6, 6.07) is 20.4. The highest BCUT2D eigenvalue weighted by Crippen LogP contribution is 2.53. The van der Waals surface area contributed by atoms with E-state index >= 15 is 0 Å². The van der Waals surface area contributed by atoms with Crippen LogP contribution in [0.3, 0.4) is 0 Å². The van der Waals surface area contributed by atoms with Gasteiger partial charge in [-0.3, -0.25) is 0 Å². The third-order valence-corrected chi connectivity index (χ3v) is 8.52. The van der Waals surface area contributed by atoms with Gasteiger partial charge in [-0.05, 0) is 89.8 Å². The fraction of sp³-hybridized carbons (Fsp3) is 0.351. The van der Waals surface area contributed by atoms with Crippen molar-refractivity contribution in [3.8, 4) is 28.8 Å². The first kappa shape index (κ1) is 26.3. The van der Waals surface area contributed by atoms with Crippen molar-refractivity contribution in [2.45, 2.75) is 67.7 Å². The Bertz CT molecular complexity index is 1900. The summed E-state index contributed by atoms with van der Waals surface area (Å²) in [6.45, 7) is 15.4. The molecule has 0 radical (unpaired) electrons. The highest BCUT2D eigenvalue weighted by molar-refractivity contribution is 6.16. The number of nitrogens with zero attached hydrogens (tertiary/aromatic N) is 2. The Morgan fingerprint density at radius 1 is 0.875 bits per heavy atom. The van der Waals surface area contributed by atoms with Crippen LogP contribution in [-0.2, 0) is 26.3 Å². The molecule has 2 heterocycles. The van der Waals surface area contributed by atoms with Gasteiger partial charge in [-0.2, -0.15) is 5.26 Å². The van der Waals surface area contributed by atoms with Gasteiger partial charge in [0.15, 0.2) is 6.20 Å². The monoisotopic (exact) mass is 527 g/mol. The predicted molar refractivity (Wildman–Crippen MR) is 166 cm³/mol. The molecule has 0 amide bonds. The molecule has 3 nitrogen and oxygen atoms in total. The standard InChI is InChI=1S/C37H39N2O/c1-9-23-13-14-26-28(17-23)22(2)32-34-33-27(15-16-39(34)8)25-12-10-11-24(19-37(6,7)21-38)29(25)18-31(33)40-35(32)30(26)20-36(3,4)5/h10-18H,9,19-20H2,1-8H3/q+1. The topological polar surface area (TPSA) is 36.9 Å². The van der Waals surface area contributed by atoms with Gasteiger partial charge >= 0.3 is 0 Å². The lowest BCUT2D eigenvalue weighted by Crippen LogP contribution is -2.32. The Balaban J connectivity index is 1.75. The minimum Gasteiger partial charge on any atom is -0.455 e. The Hall–Kier alpha value is -3.90. The third kappa shape index (κ3) is 4.13. The third-order valence-electron chi connectivity index (χ3n) is 8.52. The first-order valence-electron chi connectivity index (χ1n) is 14.5. The summed E-state index contributed by atoms with van der Waals surface area (Å²) >= 11 is 0. The minimum atomic E-state index is -0.449. The fourth-order valence-electron chi connectivity index (χ4n) is 6.57. The second-order valence-corrected chi connectivity index (χ2v) is 13.5. The molecule has 0 bridgehead atoms. The summed E-state index contributed by atoms with van der Waals surface area (Å²) in [5.74, 6) is 1.90. The molecule has 202 valence electrons. The van der Waals surface area contributed by atoms with Crippen molar-refractivity contribution < 1.29 is 9.30 Å². The molecule has 3 heteroatoms. The molecule has 5 aromatic rings. The molecule has 0 N–H and O–H groups in total. The fourth-order valence-corrected chi connectivity index (χ4v) is 6.57. The molecule has 0 saturated carbocycles. The molecule has 1 aliphatic rings. The molecule has 0 aliphatic carbocycles. The van der Waals surface area contributed by atoms with Crippen LogP contribution in [0.1, 0.15) is 63.8 Å². The average molecular weight is 528 g/mol. The molecule has 0 unspecified atom stereocenters. The van der Waals surface area contributed by atoms with E-state index in [0.717, 1.165) is 29.7 Å². The number of benzene rings is 4. The van der Waals surface area contributed by atoms with Crippen LogP contribution in [-0.4, -0.2) is 0 Å². The van der Waals surface area contributed by atoms with Gasteiger partial charge in [0.05, 0.1) is 22.4 Å². The smallest absolute Gasteiger partial charge is 0.228 e. The van der Waals surface area contributed by atoms with Gasteiger partial charge in [-0.25, -0.2) is 4.57 Å². The second kappa shape index (κ2) is 9.07. The van der Waals surface area contributed by atoms with E-state index in [1.165, 1.54) is 60.4 Å². The quantitative estimate of drug-likeness (QED) is 0.169. The van der Waals surface area contributed by atoms with Crippen molar-refractivity contribution >= 4 is 32.3 Å². The summed E-state index contributed by atoms with van der Waals surface area (Å²) in [5, 5.41) is 17.1. The van der Waals surface area contributed by atoms with Crippen LogP contribution in [0.4, 0.5) is 0 Å². The number of hydrogen-bond donors (Lipinski definition) is 0. The average Bonchev–Trinajstić information content (AvgIpc) is 2.91. The minimum absolute atomic E-state index is 0.0939. The number of hydrogen-bond acceptors (Lipinski definition) is 2. The van der Waals surface area contributed by atoms with E-state index in [2.05, 4.69) is 107 Å².